The molecule has 0 aliphatic rings. The van der Waals surface area contributed by atoms with E-state index in [1.807, 2.05) is 0 Å². The van der Waals surface area contributed by atoms with Crippen molar-refractivity contribution in [3.05, 3.63) is 82.2 Å². The average Bonchev–Trinajstić information content (AvgIpc) is 3.24. The molecule has 0 aliphatic carbocycles. The zero-order valence-electron chi connectivity index (χ0n) is 18.3. The number of fused-ring (bicyclic) bond motifs is 1. The molecular formula is C22H12Cl2F4N2O6S2. The van der Waals surface area contributed by atoms with Gasteiger partial charge in [-0.1, -0.05) is 23.2 Å². The van der Waals surface area contributed by atoms with Gasteiger partial charge in [-0.05, 0) is 54.6 Å². The number of sulfone groups is 1. The van der Waals surface area contributed by atoms with E-state index >= 15 is 0 Å². The number of rotatable bonds is 6. The Balaban J connectivity index is 1.63. The van der Waals surface area contributed by atoms with Crippen LogP contribution in [0.5, 0.6) is 11.5 Å². The van der Waals surface area contributed by atoms with Crippen LogP contribution < -0.4 is 9.46 Å². The van der Waals surface area contributed by atoms with Crippen LogP contribution in [-0.4, -0.2) is 33.2 Å². The molecule has 0 aliphatic heterocycles. The van der Waals surface area contributed by atoms with E-state index in [2.05, 4.69) is 4.98 Å². The van der Waals surface area contributed by atoms with Gasteiger partial charge in [0.2, 0.25) is 0 Å². The lowest BCUT2D eigenvalue weighted by atomic mass is 10.2. The number of aromatic nitrogens is 1. The van der Waals surface area contributed by atoms with Crippen LogP contribution in [0.3, 0.4) is 0 Å². The molecular weight excluding hydrogens is 599 g/mol. The average molecular weight is 611 g/mol. The quantitative estimate of drug-likeness (QED) is 0.265. The number of amides is 1. The fourth-order valence-electron chi connectivity index (χ4n) is 3.24. The molecule has 0 spiro atoms. The summed E-state index contributed by atoms with van der Waals surface area (Å²) in [5, 5.41) is 0.945. The topological polar surface area (TPSA) is 122 Å². The van der Waals surface area contributed by atoms with Crippen molar-refractivity contribution in [1.29, 1.82) is 0 Å². The molecule has 0 fully saturated rings. The normalized spacial score (nSPS) is 12.5. The number of sulfonamides is 1. The second-order valence-electron chi connectivity index (χ2n) is 7.58. The first-order valence-corrected chi connectivity index (χ1v) is 13.7. The Kier molecular flexibility index (Phi) is 7.12. The smallest absolute Gasteiger partial charge is 0.457 e. The van der Waals surface area contributed by atoms with Gasteiger partial charge in [0.05, 0.1) is 14.9 Å². The van der Waals surface area contributed by atoms with E-state index in [1.54, 1.807) is 6.07 Å². The van der Waals surface area contributed by atoms with Gasteiger partial charge in [0.25, 0.3) is 25.8 Å². The molecule has 4 aromatic rings. The van der Waals surface area contributed by atoms with Gasteiger partial charge < -0.3 is 9.72 Å². The Bertz CT molecular complexity index is 1810. The minimum absolute atomic E-state index is 0.0970. The lowest BCUT2D eigenvalue weighted by molar-refractivity contribution is -0.0437. The second kappa shape index (κ2) is 9.76. The third kappa shape index (κ3) is 5.43. The number of nitrogens with one attached hydrogen (secondary N) is 2. The largest absolute Gasteiger partial charge is 0.501 e. The van der Waals surface area contributed by atoms with Crippen LogP contribution in [0.1, 0.15) is 10.5 Å². The molecule has 1 aromatic heterocycles. The predicted molar refractivity (Wildman–Crippen MR) is 129 cm³/mol. The molecule has 3 aromatic carbocycles. The first-order chi connectivity index (χ1) is 17.6. The van der Waals surface area contributed by atoms with Crippen molar-refractivity contribution in [3.8, 4) is 11.5 Å². The third-order valence-corrected chi connectivity index (χ3v) is 8.76. The monoisotopic (exact) mass is 610 g/mol. The van der Waals surface area contributed by atoms with Crippen molar-refractivity contribution in [3.63, 3.8) is 0 Å². The highest BCUT2D eigenvalue weighted by molar-refractivity contribution is 7.94. The molecule has 38 heavy (non-hydrogen) atoms. The fourth-order valence-corrected chi connectivity index (χ4v) is 6.07. The van der Waals surface area contributed by atoms with E-state index in [1.165, 1.54) is 41.1 Å². The Labute approximate surface area is 222 Å². The van der Waals surface area contributed by atoms with E-state index in [-0.39, 0.29) is 16.8 Å². The molecule has 0 saturated heterocycles. The predicted octanol–water partition coefficient (Wildman–Crippen LogP) is 5.82. The maximum absolute atomic E-state index is 13.6. The number of halogens is 6. The molecule has 16 heteroatoms. The summed E-state index contributed by atoms with van der Waals surface area (Å²) in [6.45, 7) is 0. The highest BCUT2D eigenvalue weighted by Gasteiger charge is 2.49. The molecule has 1 amide bonds. The molecule has 0 radical (unpaired) electrons. The summed E-state index contributed by atoms with van der Waals surface area (Å²) in [5.41, 5.74) is -5.91. The standard InChI is InChI=1S/C22H12Cl2F4N2O6S2/c23-15-4-2-14(10-16(15)24)36-13-3-5-17-11(7-13)8-18(29-17)21(31)30-38(34,35)19-6-1-12(25)9-20(19)37(32,33)22(26,27)28/h1-10,29H,(H,30,31). The van der Waals surface area contributed by atoms with Crippen LogP contribution in [-0.2, 0) is 19.9 Å². The summed E-state index contributed by atoms with van der Waals surface area (Å²) in [6, 6.07) is 10.9. The number of hydrogen-bond acceptors (Lipinski definition) is 6. The molecule has 0 bridgehead atoms. The first-order valence-electron chi connectivity index (χ1n) is 10.0. The lowest BCUT2D eigenvalue weighted by Gasteiger charge is -2.13. The molecule has 0 atom stereocenters. The molecule has 1 heterocycles. The van der Waals surface area contributed by atoms with Gasteiger partial charge >= 0.3 is 5.51 Å². The highest BCUT2D eigenvalue weighted by Crippen LogP contribution is 2.35. The summed E-state index contributed by atoms with van der Waals surface area (Å²) < 4.78 is 109. The van der Waals surface area contributed by atoms with Crippen molar-refractivity contribution in [2.75, 3.05) is 0 Å². The number of hydrogen-bond donors (Lipinski definition) is 2. The number of H-pyrrole nitrogens is 1. The van der Waals surface area contributed by atoms with Gasteiger partial charge in [-0.25, -0.2) is 25.9 Å². The molecule has 200 valence electrons. The summed E-state index contributed by atoms with van der Waals surface area (Å²) in [5.74, 6) is -2.11. The van der Waals surface area contributed by atoms with Crippen LogP contribution >= 0.6 is 23.2 Å². The van der Waals surface area contributed by atoms with E-state index in [9.17, 15) is 39.2 Å². The van der Waals surface area contributed by atoms with Crippen LogP contribution in [0.25, 0.3) is 10.9 Å². The molecule has 0 unspecified atom stereocenters. The van der Waals surface area contributed by atoms with Gasteiger partial charge in [0.1, 0.15) is 27.9 Å². The van der Waals surface area contributed by atoms with Gasteiger partial charge in [0, 0.05) is 17.0 Å². The van der Waals surface area contributed by atoms with Gasteiger partial charge in [-0.3, -0.25) is 4.79 Å². The number of benzene rings is 3. The van der Waals surface area contributed by atoms with Gasteiger partial charge in [-0.15, -0.1) is 0 Å². The van der Waals surface area contributed by atoms with Crippen molar-refractivity contribution in [2.24, 2.45) is 0 Å². The summed E-state index contributed by atoms with van der Waals surface area (Å²) in [6.07, 6.45) is 0. The van der Waals surface area contributed by atoms with Crippen LogP contribution in [0.4, 0.5) is 17.6 Å². The van der Waals surface area contributed by atoms with E-state index in [0.29, 0.717) is 39.6 Å². The Morgan fingerprint density at radius 1 is 0.842 bits per heavy atom. The molecule has 4 rings (SSSR count). The zero-order valence-corrected chi connectivity index (χ0v) is 21.5. The zero-order chi connectivity index (χ0) is 28.0. The number of ether oxygens (including phenoxy) is 1. The van der Waals surface area contributed by atoms with E-state index in [0.717, 1.165) is 0 Å². The number of carbonyl (C=O) groups is 1. The Hall–Kier alpha value is -3.33. The van der Waals surface area contributed by atoms with Crippen molar-refractivity contribution in [1.82, 2.24) is 9.71 Å². The summed E-state index contributed by atoms with van der Waals surface area (Å²) in [4.78, 5) is 11.9. The number of aromatic amines is 1. The molecule has 2 N–H and O–H groups in total. The van der Waals surface area contributed by atoms with Crippen LogP contribution in [0, 0.1) is 5.82 Å². The maximum atomic E-state index is 13.6. The summed E-state index contributed by atoms with van der Waals surface area (Å²) >= 11 is 11.8. The van der Waals surface area contributed by atoms with E-state index in [4.69, 9.17) is 27.9 Å². The number of carbonyl (C=O) groups excluding carboxylic acids is 1. The molecule has 8 nitrogen and oxygen atoms in total. The minimum atomic E-state index is -6.28. The van der Waals surface area contributed by atoms with Crippen LogP contribution in [0.2, 0.25) is 10.0 Å². The second-order valence-corrected chi connectivity index (χ2v) is 12.0. The Morgan fingerprint density at radius 3 is 2.16 bits per heavy atom. The molecule has 0 saturated carbocycles. The minimum Gasteiger partial charge on any atom is -0.457 e. The lowest BCUT2D eigenvalue weighted by Crippen LogP contribution is -2.33. The van der Waals surface area contributed by atoms with Gasteiger partial charge in [-0.2, -0.15) is 13.2 Å². The highest BCUT2D eigenvalue weighted by atomic mass is 35.5. The fraction of sp³-hybridized carbons (Fsp3) is 0.0455. The summed E-state index contributed by atoms with van der Waals surface area (Å²) in [7, 11) is -11.5. The first kappa shape index (κ1) is 27.7. The SMILES string of the molecule is O=C(NS(=O)(=O)c1ccc(F)cc1S(=O)(=O)C(F)(F)F)c1cc2cc(Oc3ccc(Cl)c(Cl)c3)ccc2[nH]1. The van der Waals surface area contributed by atoms with E-state index < -0.39 is 46.9 Å². The van der Waals surface area contributed by atoms with Crippen LogP contribution in [0.15, 0.2) is 70.5 Å². The van der Waals surface area contributed by atoms with Crippen molar-refractivity contribution in [2.45, 2.75) is 15.3 Å². The maximum Gasteiger partial charge on any atom is 0.501 e. The Morgan fingerprint density at radius 2 is 1.50 bits per heavy atom. The van der Waals surface area contributed by atoms with Crippen molar-refractivity contribution < 1.29 is 43.9 Å². The van der Waals surface area contributed by atoms with Gasteiger partial charge in [0.15, 0.2) is 0 Å². The third-order valence-electron chi connectivity index (χ3n) is 4.98. The van der Waals surface area contributed by atoms with Crippen molar-refractivity contribution >= 4 is 59.9 Å². The number of alkyl halides is 3.